The van der Waals surface area contributed by atoms with Crippen molar-refractivity contribution in [1.82, 2.24) is 9.88 Å². The molecule has 0 spiro atoms. The number of ether oxygens (including phenoxy) is 2. The van der Waals surface area contributed by atoms with Crippen LogP contribution in [0.5, 0.6) is 11.6 Å². The molecule has 8 nitrogen and oxygen atoms in total. The number of halogens is 1. The van der Waals surface area contributed by atoms with Gasteiger partial charge < -0.3 is 25.0 Å². The minimum atomic E-state index is -0.547. The Bertz CT molecular complexity index is 875. The molecule has 1 aromatic carbocycles. The first-order valence-corrected chi connectivity index (χ1v) is 9.24. The van der Waals surface area contributed by atoms with Gasteiger partial charge in [0.2, 0.25) is 11.8 Å². The fourth-order valence-electron chi connectivity index (χ4n) is 3.08. The number of nitrogens with one attached hydrogen (secondary N) is 2. The standard InChI is InChI=1S/C20H23FN4O4/c1-13(26)25-7-3-4-17(12-25)29-18-9-14(21)8-16(10-18)24-20(27)23-15-5-6-19(28-2)22-11-15/h5-6,8-11,17H,3-4,7,12H2,1-2H3,(H2,23,24,27)/t17-/m1/s1. The summed E-state index contributed by atoms with van der Waals surface area (Å²) in [5, 5.41) is 5.18. The van der Waals surface area contributed by atoms with Gasteiger partial charge in [-0.15, -0.1) is 0 Å². The van der Waals surface area contributed by atoms with Crippen LogP contribution in [0.25, 0.3) is 0 Å². The topological polar surface area (TPSA) is 92.8 Å². The molecule has 1 fully saturated rings. The number of pyridine rings is 1. The third-order valence-corrected chi connectivity index (χ3v) is 4.46. The molecule has 1 aliphatic heterocycles. The predicted molar refractivity (Wildman–Crippen MR) is 106 cm³/mol. The number of urea groups is 1. The maximum Gasteiger partial charge on any atom is 0.323 e. The number of aromatic nitrogens is 1. The third kappa shape index (κ3) is 5.81. The normalized spacial score (nSPS) is 16.1. The Labute approximate surface area is 168 Å². The van der Waals surface area contributed by atoms with Crippen LogP contribution in [0.2, 0.25) is 0 Å². The number of hydrogen-bond donors (Lipinski definition) is 2. The summed E-state index contributed by atoms with van der Waals surface area (Å²) in [6.45, 7) is 2.68. The van der Waals surface area contributed by atoms with Crippen LogP contribution < -0.4 is 20.1 Å². The number of amides is 3. The van der Waals surface area contributed by atoms with Gasteiger partial charge in [0, 0.05) is 37.4 Å². The molecule has 2 heterocycles. The smallest absolute Gasteiger partial charge is 0.323 e. The van der Waals surface area contributed by atoms with E-state index in [4.69, 9.17) is 9.47 Å². The number of nitrogens with zero attached hydrogens (tertiary/aromatic N) is 2. The van der Waals surface area contributed by atoms with Crippen molar-refractivity contribution in [2.24, 2.45) is 0 Å². The van der Waals surface area contributed by atoms with Gasteiger partial charge in [0.05, 0.1) is 25.5 Å². The Morgan fingerprint density at radius 2 is 2.00 bits per heavy atom. The van der Waals surface area contributed by atoms with E-state index >= 15 is 0 Å². The highest BCUT2D eigenvalue weighted by Crippen LogP contribution is 2.24. The fraction of sp³-hybridized carbons (Fsp3) is 0.350. The Balaban J connectivity index is 1.62. The van der Waals surface area contributed by atoms with Crippen molar-refractivity contribution in [3.8, 4) is 11.6 Å². The Hall–Kier alpha value is -3.36. The maximum atomic E-state index is 14.0. The number of rotatable bonds is 5. The zero-order valence-corrected chi connectivity index (χ0v) is 16.3. The molecular weight excluding hydrogens is 379 g/mol. The predicted octanol–water partition coefficient (Wildman–Crippen LogP) is 3.26. The first-order valence-electron chi connectivity index (χ1n) is 9.24. The summed E-state index contributed by atoms with van der Waals surface area (Å²) >= 11 is 0. The molecule has 2 N–H and O–H groups in total. The molecule has 29 heavy (non-hydrogen) atoms. The van der Waals surface area contributed by atoms with E-state index in [-0.39, 0.29) is 17.7 Å². The summed E-state index contributed by atoms with van der Waals surface area (Å²) in [5.41, 5.74) is 0.709. The number of anilines is 2. The lowest BCUT2D eigenvalue weighted by atomic mass is 10.1. The Morgan fingerprint density at radius 1 is 1.21 bits per heavy atom. The van der Waals surface area contributed by atoms with Crippen LogP contribution in [-0.2, 0) is 4.79 Å². The number of benzene rings is 1. The van der Waals surface area contributed by atoms with Gasteiger partial charge in [-0.3, -0.25) is 4.79 Å². The van der Waals surface area contributed by atoms with E-state index in [2.05, 4.69) is 15.6 Å². The maximum absolute atomic E-state index is 14.0. The molecule has 0 aliphatic carbocycles. The van der Waals surface area contributed by atoms with Gasteiger partial charge in [0.1, 0.15) is 17.7 Å². The average Bonchev–Trinajstić information content (AvgIpc) is 2.68. The number of hydrogen-bond acceptors (Lipinski definition) is 5. The Morgan fingerprint density at radius 3 is 2.69 bits per heavy atom. The molecule has 3 amide bonds. The minimum absolute atomic E-state index is 0.00964. The molecule has 0 radical (unpaired) electrons. The SMILES string of the molecule is COc1ccc(NC(=O)Nc2cc(F)cc(O[C@@H]3CCCN(C(C)=O)C3)c2)cn1. The molecule has 0 unspecified atom stereocenters. The van der Waals surface area contributed by atoms with E-state index in [0.29, 0.717) is 30.4 Å². The lowest BCUT2D eigenvalue weighted by Crippen LogP contribution is -2.43. The Kier molecular flexibility index (Phi) is 6.48. The number of methoxy groups -OCH3 is 1. The monoisotopic (exact) mass is 402 g/mol. The van der Waals surface area contributed by atoms with Crippen LogP contribution in [0.15, 0.2) is 36.5 Å². The largest absolute Gasteiger partial charge is 0.488 e. The van der Waals surface area contributed by atoms with Gasteiger partial charge in [-0.1, -0.05) is 0 Å². The summed E-state index contributed by atoms with van der Waals surface area (Å²) < 4.78 is 24.8. The van der Waals surface area contributed by atoms with E-state index in [1.54, 1.807) is 23.1 Å². The molecule has 1 saturated heterocycles. The second-order valence-corrected chi connectivity index (χ2v) is 6.69. The highest BCUT2D eigenvalue weighted by molar-refractivity contribution is 5.99. The van der Waals surface area contributed by atoms with Crippen LogP contribution in [0.4, 0.5) is 20.6 Å². The highest BCUT2D eigenvalue weighted by atomic mass is 19.1. The quantitative estimate of drug-likeness (QED) is 0.801. The van der Waals surface area contributed by atoms with Crippen molar-refractivity contribution in [2.75, 3.05) is 30.8 Å². The molecule has 9 heteroatoms. The summed E-state index contributed by atoms with van der Waals surface area (Å²) in [7, 11) is 1.50. The van der Waals surface area contributed by atoms with Crippen molar-refractivity contribution >= 4 is 23.3 Å². The molecule has 0 saturated carbocycles. The second kappa shape index (κ2) is 9.22. The number of carbonyl (C=O) groups is 2. The van der Waals surface area contributed by atoms with Crippen molar-refractivity contribution < 1.29 is 23.5 Å². The molecule has 1 atom stereocenters. The number of piperidine rings is 1. The average molecular weight is 402 g/mol. The van der Waals surface area contributed by atoms with E-state index in [0.717, 1.165) is 12.8 Å². The first kappa shape index (κ1) is 20.4. The van der Waals surface area contributed by atoms with Gasteiger partial charge in [-0.25, -0.2) is 14.2 Å². The fourth-order valence-corrected chi connectivity index (χ4v) is 3.08. The summed E-state index contributed by atoms with van der Waals surface area (Å²) in [6, 6.07) is 6.69. The van der Waals surface area contributed by atoms with Gasteiger partial charge in [-0.2, -0.15) is 0 Å². The van der Waals surface area contributed by atoms with Crippen molar-refractivity contribution in [3.05, 3.63) is 42.3 Å². The summed E-state index contributed by atoms with van der Waals surface area (Å²) in [6.07, 6.45) is 2.82. The summed E-state index contributed by atoms with van der Waals surface area (Å²) in [5.74, 6) is 0.170. The molecule has 2 aromatic rings. The zero-order valence-electron chi connectivity index (χ0n) is 16.3. The lowest BCUT2D eigenvalue weighted by Gasteiger charge is -2.32. The summed E-state index contributed by atoms with van der Waals surface area (Å²) in [4.78, 5) is 29.4. The molecule has 1 aromatic heterocycles. The molecule has 0 bridgehead atoms. The van der Waals surface area contributed by atoms with Crippen molar-refractivity contribution in [2.45, 2.75) is 25.9 Å². The molecule has 154 valence electrons. The molecular formula is C20H23FN4O4. The zero-order chi connectivity index (χ0) is 20.8. The van der Waals surface area contributed by atoms with Crippen LogP contribution >= 0.6 is 0 Å². The van der Waals surface area contributed by atoms with Crippen molar-refractivity contribution in [1.29, 1.82) is 0 Å². The van der Waals surface area contributed by atoms with Gasteiger partial charge in [0.15, 0.2) is 0 Å². The van der Waals surface area contributed by atoms with E-state index in [9.17, 15) is 14.0 Å². The van der Waals surface area contributed by atoms with Crippen LogP contribution in [0.3, 0.4) is 0 Å². The second-order valence-electron chi connectivity index (χ2n) is 6.69. The highest BCUT2D eigenvalue weighted by Gasteiger charge is 2.23. The van der Waals surface area contributed by atoms with Crippen LogP contribution in [0.1, 0.15) is 19.8 Å². The van der Waals surface area contributed by atoms with Gasteiger partial charge in [-0.05, 0) is 25.0 Å². The van der Waals surface area contributed by atoms with Crippen molar-refractivity contribution in [3.63, 3.8) is 0 Å². The van der Waals surface area contributed by atoms with Crippen LogP contribution in [0, 0.1) is 5.82 Å². The van der Waals surface area contributed by atoms with Gasteiger partial charge in [0.25, 0.3) is 0 Å². The van der Waals surface area contributed by atoms with E-state index < -0.39 is 11.8 Å². The van der Waals surface area contributed by atoms with Crippen LogP contribution in [-0.4, -0.2) is 48.1 Å². The number of likely N-dealkylation sites (tertiary alicyclic amines) is 1. The third-order valence-electron chi connectivity index (χ3n) is 4.46. The molecule has 3 rings (SSSR count). The first-order chi connectivity index (χ1) is 13.9. The minimum Gasteiger partial charge on any atom is -0.488 e. The van der Waals surface area contributed by atoms with Gasteiger partial charge >= 0.3 is 6.03 Å². The van der Waals surface area contributed by atoms with E-state index in [1.807, 2.05) is 0 Å². The lowest BCUT2D eigenvalue weighted by molar-refractivity contribution is -0.131. The number of carbonyl (C=O) groups excluding carboxylic acids is 2. The van der Waals surface area contributed by atoms with E-state index in [1.165, 1.54) is 32.4 Å². The molecule has 1 aliphatic rings.